The van der Waals surface area contributed by atoms with Gasteiger partial charge in [0.1, 0.15) is 5.75 Å². The van der Waals surface area contributed by atoms with Crippen LogP contribution in [-0.4, -0.2) is 48.3 Å². The van der Waals surface area contributed by atoms with Crippen molar-refractivity contribution in [2.75, 3.05) is 19.8 Å². The third kappa shape index (κ3) is 5.56. The number of hydrogen-bond acceptors (Lipinski definition) is 7. The lowest BCUT2D eigenvalue weighted by atomic mass is 10.1. The number of benzene rings is 1. The number of carbonyl (C=O) groups is 4. The van der Waals surface area contributed by atoms with E-state index in [0.717, 1.165) is 0 Å². The van der Waals surface area contributed by atoms with Crippen molar-refractivity contribution in [3.63, 3.8) is 0 Å². The summed E-state index contributed by atoms with van der Waals surface area (Å²) in [5.41, 5.74) is 2.02. The Hall–Kier alpha value is -3.42. The normalized spacial score (nSPS) is 10.4. The number of ether oxygens (including phenoxy) is 3. The molecule has 0 atom stereocenters. The number of aromatic nitrogens is 1. The minimum absolute atomic E-state index is 0.0143. The van der Waals surface area contributed by atoms with Crippen molar-refractivity contribution in [2.45, 2.75) is 34.1 Å². The molecule has 0 saturated carbocycles. The van der Waals surface area contributed by atoms with Crippen LogP contribution in [-0.2, 0) is 14.3 Å². The van der Waals surface area contributed by atoms with Gasteiger partial charge >= 0.3 is 11.9 Å². The smallest absolute Gasteiger partial charge is 0.344 e. The van der Waals surface area contributed by atoms with Crippen molar-refractivity contribution in [2.24, 2.45) is 0 Å². The van der Waals surface area contributed by atoms with Gasteiger partial charge in [0, 0.05) is 17.7 Å². The summed E-state index contributed by atoms with van der Waals surface area (Å²) in [7, 11) is 0. The highest BCUT2D eigenvalue weighted by Crippen LogP contribution is 2.20. The lowest BCUT2D eigenvalue weighted by molar-refractivity contribution is -0.144. The number of aryl methyl sites for hydroxylation is 1. The number of nitrogens with one attached hydrogen (secondary N) is 1. The van der Waals surface area contributed by atoms with E-state index in [0.29, 0.717) is 34.6 Å². The summed E-state index contributed by atoms with van der Waals surface area (Å²) in [6, 6.07) is 6.41. The maximum atomic E-state index is 12.4. The number of ketones is 2. The van der Waals surface area contributed by atoms with Crippen molar-refractivity contribution < 1.29 is 33.4 Å². The summed E-state index contributed by atoms with van der Waals surface area (Å²) < 4.78 is 15.3. The number of Topliss-reactive ketones (excluding diaryl/α,β-unsaturated/α-hetero) is 2. The van der Waals surface area contributed by atoms with Crippen LogP contribution in [0.25, 0.3) is 0 Å². The van der Waals surface area contributed by atoms with Crippen LogP contribution in [0.4, 0.5) is 0 Å². The Morgan fingerprint density at radius 2 is 1.57 bits per heavy atom. The molecule has 8 heteroatoms. The zero-order chi connectivity index (χ0) is 22.3. The molecule has 1 N–H and O–H groups in total. The predicted octanol–water partition coefficient (Wildman–Crippen LogP) is 3.21. The van der Waals surface area contributed by atoms with Gasteiger partial charge in [0.05, 0.1) is 17.9 Å². The van der Waals surface area contributed by atoms with Crippen LogP contribution in [0.1, 0.15) is 62.7 Å². The van der Waals surface area contributed by atoms with Crippen LogP contribution in [0.15, 0.2) is 24.3 Å². The van der Waals surface area contributed by atoms with Gasteiger partial charge in [-0.2, -0.15) is 0 Å². The molecule has 1 aromatic heterocycles. The summed E-state index contributed by atoms with van der Waals surface area (Å²) >= 11 is 0. The lowest BCUT2D eigenvalue weighted by Crippen LogP contribution is -2.20. The highest BCUT2D eigenvalue weighted by molar-refractivity contribution is 6.02. The second kappa shape index (κ2) is 10.4. The lowest BCUT2D eigenvalue weighted by Gasteiger charge is -2.07. The largest absolute Gasteiger partial charge is 0.482 e. The molecular formula is C22H25NO7. The number of H-pyrrole nitrogens is 1. The third-order valence-corrected chi connectivity index (χ3v) is 4.41. The van der Waals surface area contributed by atoms with Gasteiger partial charge in [-0.05, 0) is 50.6 Å². The van der Waals surface area contributed by atoms with E-state index in [1.807, 2.05) is 0 Å². The van der Waals surface area contributed by atoms with Gasteiger partial charge in [-0.15, -0.1) is 0 Å². The first kappa shape index (κ1) is 22.9. The average Bonchev–Trinajstić information content (AvgIpc) is 3.04. The quantitative estimate of drug-likeness (QED) is 0.468. The summed E-state index contributed by atoms with van der Waals surface area (Å²) in [4.78, 5) is 50.7. The fraction of sp³-hybridized carbons (Fsp3) is 0.364. The van der Waals surface area contributed by atoms with E-state index in [4.69, 9.17) is 14.2 Å². The highest BCUT2D eigenvalue weighted by Gasteiger charge is 2.23. The van der Waals surface area contributed by atoms with E-state index in [-0.39, 0.29) is 24.7 Å². The first-order valence-electron chi connectivity index (χ1n) is 9.59. The van der Waals surface area contributed by atoms with E-state index in [9.17, 15) is 19.2 Å². The molecule has 0 radical (unpaired) electrons. The Morgan fingerprint density at radius 1 is 0.900 bits per heavy atom. The van der Waals surface area contributed by atoms with Crippen LogP contribution in [0.3, 0.4) is 0 Å². The average molecular weight is 415 g/mol. The van der Waals surface area contributed by atoms with Crippen molar-refractivity contribution in [3.8, 4) is 5.75 Å². The Morgan fingerprint density at radius 3 is 2.17 bits per heavy atom. The molecule has 0 amide bonds. The predicted molar refractivity (Wildman–Crippen MR) is 108 cm³/mol. The number of carbonyl (C=O) groups excluding carboxylic acids is 4. The fourth-order valence-electron chi connectivity index (χ4n) is 2.88. The van der Waals surface area contributed by atoms with Crippen LogP contribution >= 0.6 is 0 Å². The fourth-order valence-corrected chi connectivity index (χ4v) is 2.88. The van der Waals surface area contributed by atoms with Crippen LogP contribution in [0.2, 0.25) is 0 Å². The molecule has 0 bridgehead atoms. The first-order valence-corrected chi connectivity index (χ1v) is 9.59. The molecule has 30 heavy (non-hydrogen) atoms. The summed E-state index contributed by atoms with van der Waals surface area (Å²) in [6.07, 6.45) is 0.404. The topological polar surface area (TPSA) is 112 Å². The molecule has 1 aromatic carbocycles. The molecule has 0 fully saturated rings. The molecule has 0 spiro atoms. The number of hydrogen-bond donors (Lipinski definition) is 1. The van der Waals surface area contributed by atoms with Gasteiger partial charge in [-0.3, -0.25) is 9.59 Å². The third-order valence-electron chi connectivity index (χ3n) is 4.41. The van der Waals surface area contributed by atoms with Gasteiger partial charge in [-0.25, -0.2) is 9.59 Å². The van der Waals surface area contributed by atoms with Gasteiger partial charge in [0.25, 0.3) is 0 Å². The maximum Gasteiger partial charge on any atom is 0.344 e. The molecule has 1 heterocycles. The maximum absolute atomic E-state index is 12.4. The summed E-state index contributed by atoms with van der Waals surface area (Å²) in [6.45, 7) is 6.11. The molecule has 0 aliphatic carbocycles. The van der Waals surface area contributed by atoms with Crippen LogP contribution in [0, 0.1) is 13.8 Å². The molecule has 2 rings (SSSR count). The number of rotatable bonds is 10. The second-order valence-corrected chi connectivity index (χ2v) is 6.52. The van der Waals surface area contributed by atoms with Crippen molar-refractivity contribution in [1.82, 2.24) is 4.98 Å². The molecule has 0 unspecified atom stereocenters. The van der Waals surface area contributed by atoms with Crippen molar-refractivity contribution in [1.29, 1.82) is 0 Å². The van der Waals surface area contributed by atoms with Gasteiger partial charge in [0.15, 0.2) is 19.0 Å². The Kier molecular flexibility index (Phi) is 7.91. The molecule has 0 aliphatic heterocycles. The van der Waals surface area contributed by atoms with Crippen LogP contribution in [0.5, 0.6) is 5.75 Å². The van der Waals surface area contributed by atoms with Gasteiger partial charge in [0.2, 0.25) is 5.78 Å². The zero-order valence-corrected chi connectivity index (χ0v) is 17.5. The summed E-state index contributed by atoms with van der Waals surface area (Å²) in [5, 5.41) is 0. The molecule has 2 aromatic rings. The molecule has 8 nitrogen and oxygen atoms in total. The van der Waals surface area contributed by atoms with Gasteiger partial charge < -0.3 is 19.2 Å². The minimum Gasteiger partial charge on any atom is -0.482 e. The number of esters is 2. The highest BCUT2D eigenvalue weighted by atomic mass is 16.6. The van der Waals surface area contributed by atoms with E-state index >= 15 is 0 Å². The van der Waals surface area contributed by atoms with Gasteiger partial charge in [-0.1, -0.05) is 6.92 Å². The standard InChI is InChI=1S/C22H25NO7/c1-5-17(24)15-7-9-16(10-8-15)29-12-19(26)30-11-18(25)21-13(3)20(14(4)23-21)22(27)28-6-2/h7-10,23H,5-6,11-12H2,1-4H3. The Bertz CT molecular complexity index is 941. The van der Waals surface area contributed by atoms with Crippen molar-refractivity contribution in [3.05, 3.63) is 52.3 Å². The van der Waals surface area contributed by atoms with E-state index in [1.165, 1.54) is 0 Å². The van der Waals surface area contributed by atoms with E-state index in [1.54, 1.807) is 52.0 Å². The zero-order valence-electron chi connectivity index (χ0n) is 17.5. The van der Waals surface area contributed by atoms with Crippen molar-refractivity contribution >= 4 is 23.5 Å². The second-order valence-electron chi connectivity index (χ2n) is 6.52. The Balaban J connectivity index is 1.89. The molecular weight excluding hydrogens is 390 g/mol. The monoisotopic (exact) mass is 415 g/mol. The van der Waals surface area contributed by atoms with Crippen LogP contribution < -0.4 is 4.74 Å². The molecule has 0 aliphatic rings. The van der Waals surface area contributed by atoms with E-state index in [2.05, 4.69) is 4.98 Å². The Labute approximate surface area is 174 Å². The molecule has 0 saturated heterocycles. The summed E-state index contributed by atoms with van der Waals surface area (Å²) in [5.74, 6) is -1.29. The van der Waals surface area contributed by atoms with E-state index < -0.39 is 24.3 Å². The first-order chi connectivity index (χ1) is 14.3. The number of aromatic amines is 1. The minimum atomic E-state index is -0.719. The SMILES string of the molecule is CCOC(=O)c1c(C)[nH]c(C(=O)COC(=O)COc2ccc(C(=O)CC)cc2)c1C. The molecule has 160 valence electrons.